The molecule has 0 aliphatic carbocycles. The quantitative estimate of drug-likeness (QED) is 0.599. The van der Waals surface area contributed by atoms with Crippen molar-refractivity contribution in [2.24, 2.45) is 0 Å². The third kappa shape index (κ3) is 2.28. The number of allylic oxidation sites excluding steroid dienone is 1. The van der Waals surface area contributed by atoms with Crippen molar-refractivity contribution in [3.63, 3.8) is 0 Å². The van der Waals surface area contributed by atoms with Gasteiger partial charge in [-0.1, -0.05) is 37.3 Å². The Morgan fingerprint density at radius 3 is 2.67 bits per heavy atom. The van der Waals surface area contributed by atoms with Crippen LogP contribution in [0.15, 0.2) is 42.0 Å². The van der Waals surface area contributed by atoms with Crippen LogP contribution in [0, 0.1) is 0 Å². The van der Waals surface area contributed by atoms with Crippen molar-refractivity contribution in [2.45, 2.75) is 13.3 Å². The number of hydrogen-bond acceptors (Lipinski definition) is 2. The van der Waals surface area contributed by atoms with E-state index in [0.29, 0.717) is 0 Å². The topological polar surface area (TPSA) is 26.3 Å². The summed E-state index contributed by atoms with van der Waals surface area (Å²) in [7, 11) is 1.65. The molecule has 0 amide bonds. The van der Waals surface area contributed by atoms with Gasteiger partial charge in [-0.3, -0.25) is 4.79 Å². The van der Waals surface area contributed by atoms with Gasteiger partial charge in [0.2, 0.25) is 0 Å². The summed E-state index contributed by atoms with van der Waals surface area (Å²) in [5.41, 5.74) is 1.74. The van der Waals surface area contributed by atoms with E-state index in [9.17, 15) is 4.79 Å². The normalized spacial score (nSPS) is 11.6. The number of methoxy groups -OCH3 is 1. The van der Waals surface area contributed by atoms with Crippen LogP contribution in [-0.2, 0) is 4.79 Å². The average molecular weight is 240 g/mol. The smallest absolute Gasteiger partial charge is 0.146 e. The summed E-state index contributed by atoms with van der Waals surface area (Å²) in [4.78, 5) is 11.0. The number of rotatable bonds is 4. The SMILES string of the molecule is CCC(C=O)=Cc1c(OC)ccc2ccccc12. The average Bonchev–Trinajstić information content (AvgIpc) is 2.44. The predicted molar refractivity (Wildman–Crippen MR) is 74.8 cm³/mol. The number of aldehydes is 1. The molecule has 92 valence electrons. The minimum absolute atomic E-state index is 0.718. The first-order chi connectivity index (χ1) is 8.80. The molecule has 0 saturated carbocycles. The fraction of sp³-hybridized carbons (Fsp3) is 0.188. The summed E-state index contributed by atoms with van der Waals surface area (Å²) in [5, 5.41) is 2.25. The maximum atomic E-state index is 11.0. The lowest BCUT2D eigenvalue weighted by Gasteiger charge is -2.09. The Bertz CT molecular complexity index is 597. The van der Waals surface area contributed by atoms with Gasteiger partial charge in [0.1, 0.15) is 12.0 Å². The lowest BCUT2D eigenvalue weighted by molar-refractivity contribution is -0.104. The number of fused-ring (bicyclic) bond motifs is 1. The van der Waals surface area contributed by atoms with Crippen LogP contribution in [0.4, 0.5) is 0 Å². The molecule has 0 unspecified atom stereocenters. The highest BCUT2D eigenvalue weighted by Crippen LogP contribution is 2.30. The highest BCUT2D eigenvalue weighted by atomic mass is 16.5. The van der Waals surface area contributed by atoms with Crippen LogP contribution in [-0.4, -0.2) is 13.4 Å². The highest BCUT2D eigenvalue weighted by molar-refractivity contribution is 5.96. The first kappa shape index (κ1) is 12.4. The van der Waals surface area contributed by atoms with Crippen molar-refractivity contribution in [3.05, 3.63) is 47.5 Å². The zero-order valence-corrected chi connectivity index (χ0v) is 10.6. The molecule has 18 heavy (non-hydrogen) atoms. The summed E-state index contributed by atoms with van der Waals surface area (Å²) in [6, 6.07) is 12.1. The third-order valence-electron chi connectivity index (χ3n) is 3.04. The molecule has 0 bridgehead atoms. The van der Waals surface area contributed by atoms with E-state index in [1.54, 1.807) is 7.11 Å². The standard InChI is InChI=1S/C16H16O2/c1-3-12(11-17)10-15-14-7-5-4-6-13(14)8-9-16(15)18-2/h4-11H,3H2,1-2H3. The molecule has 0 atom stereocenters. The highest BCUT2D eigenvalue weighted by Gasteiger charge is 2.06. The van der Waals surface area contributed by atoms with Gasteiger partial charge < -0.3 is 4.74 Å². The number of carbonyl (C=O) groups is 1. The Hall–Kier alpha value is -2.09. The molecule has 2 heteroatoms. The molecule has 0 fully saturated rings. The van der Waals surface area contributed by atoms with Gasteiger partial charge in [-0.2, -0.15) is 0 Å². The van der Waals surface area contributed by atoms with E-state index >= 15 is 0 Å². The van der Waals surface area contributed by atoms with E-state index in [-0.39, 0.29) is 0 Å². The van der Waals surface area contributed by atoms with Gasteiger partial charge in [-0.15, -0.1) is 0 Å². The van der Waals surface area contributed by atoms with Crippen molar-refractivity contribution in [1.29, 1.82) is 0 Å². The molecule has 2 aromatic carbocycles. The molecule has 2 nitrogen and oxygen atoms in total. The van der Waals surface area contributed by atoms with Crippen molar-refractivity contribution in [3.8, 4) is 5.75 Å². The Balaban J connectivity index is 2.72. The number of hydrogen-bond donors (Lipinski definition) is 0. The van der Waals surface area contributed by atoms with Gasteiger partial charge in [0.05, 0.1) is 7.11 Å². The summed E-state index contributed by atoms with van der Waals surface area (Å²) in [6.07, 6.45) is 3.53. The second kappa shape index (κ2) is 5.50. The third-order valence-corrected chi connectivity index (χ3v) is 3.04. The molecular weight excluding hydrogens is 224 g/mol. The predicted octanol–water partition coefficient (Wildman–Crippen LogP) is 3.84. The zero-order chi connectivity index (χ0) is 13.0. The van der Waals surface area contributed by atoms with Gasteiger partial charge in [0.15, 0.2) is 0 Å². The molecule has 2 rings (SSSR count). The number of ether oxygens (including phenoxy) is 1. The fourth-order valence-electron chi connectivity index (χ4n) is 2.01. The van der Waals surface area contributed by atoms with Crippen molar-refractivity contribution < 1.29 is 9.53 Å². The van der Waals surface area contributed by atoms with Gasteiger partial charge in [0.25, 0.3) is 0 Å². The van der Waals surface area contributed by atoms with Gasteiger partial charge in [-0.25, -0.2) is 0 Å². The maximum absolute atomic E-state index is 11.0. The molecule has 0 spiro atoms. The van der Waals surface area contributed by atoms with Crippen molar-refractivity contribution in [2.75, 3.05) is 7.11 Å². The molecule has 0 aromatic heterocycles. The number of carbonyl (C=O) groups excluding carboxylic acids is 1. The van der Waals surface area contributed by atoms with E-state index in [1.807, 2.05) is 43.3 Å². The van der Waals surface area contributed by atoms with Gasteiger partial charge in [-0.05, 0) is 34.9 Å². The largest absolute Gasteiger partial charge is 0.496 e. The lowest BCUT2D eigenvalue weighted by atomic mass is 10.0. The summed E-state index contributed by atoms with van der Waals surface area (Å²) in [6.45, 7) is 1.97. The van der Waals surface area contributed by atoms with Crippen LogP contribution >= 0.6 is 0 Å². The Morgan fingerprint density at radius 2 is 2.00 bits per heavy atom. The Labute approximate surface area is 107 Å². The monoisotopic (exact) mass is 240 g/mol. The van der Waals surface area contributed by atoms with Crippen LogP contribution in [0.3, 0.4) is 0 Å². The minimum atomic E-state index is 0.718. The molecule has 2 aromatic rings. The summed E-state index contributed by atoms with van der Waals surface area (Å²) < 4.78 is 5.38. The molecule has 0 heterocycles. The lowest BCUT2D eigenvalue weighted by Crippen LogP contribution is -1.90. The van der Waals surface area contributed by atoms with Crippen LogP contribution in [0.25, 0.3) is 16.8 Å². The van der Waals surface area contributed by atoms with Gasteiger partial charge in [0, 0.05) is 5.56 Å². The Morgan fingerprint density at radius 1 is 1.22 bits per heavy atom. The molecular formula is C16H16O2. The van der Waals surface area contributed by atoms with Crippen LogP contribution in [0.5, 0.6) is 5.75 Å². The summed E-state index contributed by atoms with van der Waals surface area (Å²) in [5.74, 6) is 0.793. The Kier molecular flexibility index (Phi) is 3.78. The maximum Gasteiger partial charge on any atom is 0.146 e. The van der Waals surface area contributed by atoms with E-state index in [4.69, 9.17) is 4.74 Å². The second-order valence-corrected chi connectivity index (χ2v) is 4.09. The van der Waals surface area contributed by atoms with E-state index in [0.717, 1.165) is 40.4 Å². The van der Waals surface area contributed by atoms with Crippen LogP contribution < -0.4 is 4.74 Å². The first-order valence-corrected chi connectivity index (χ1v) is 6.01. The molecule has 0 N–H and O–H groups in total. The van der Waals surface area contributed by atoms with E-state index < -0.39 is 0 Å². The number of benzene rings is 2. The van der Waals surface area contributed by atoms with Gasteiger partial charge >= 0.3 is 0 Å². The molecule has 0 aliphatic rings. The molecule has 0 radical (unpaired) electrons. The van der Waals surface area contributed by atoms with Crippen LogP contribution in [0.1, 0.15) is 18.9 Å². The molecule has 0 saturated heterocycles. The summed E-state index contributed by atoms with van der Waals surface area (Å²) >= 11 is 0. The van der Waals surface area contributed by atoms with Crippen LogP contribution in [0.2, 0.25) is 0 Å². The molecule has 0 aliphatic heterocycles. The fourth-order valence-corrected chi connectivity index (χ4v) is 2.01. The second-order valence-electron chi connectivity index (χ2n) is 4.09. The zero-order valence-electron chi connectivity index (χ0n) is 10.6. The minimum Gasteiger partial charge on any atom is -0.496 e. The van der Waals surface area contributed by atoms with Crippen molar-refractivity contribution in [1.82, 2.24) is 0 Å². The van der Waals surface area contributed by atoms with E-state index in [2.05, 4.69) is 6.07 Å². The first-order valence-electron chi connectivity index (χ1n) is 6.01. The van der Waals surface area contributed by atoms with E-state index in [1.165, 1.54) is 0 Å². The van der Waals surface area contributed by atoms with Crippen molar-refractivity contribution >= 4 is 23.1 Å².